The van der Waals surface area contributed by atoms with Crippen molar-refractivity contribution >= 4 is 12.0 Å². The number of cyclic esters (lactones) is 1. The first-order chi connectivity index (χ1) is 11.8. The molecule has 25 heavy (non-hydrogen) atoms. The lowest BCUT2D eigenvalue weighted by Crippen LogP contribution is -2.43. The minimum absolute atomic E-state index is 0.113. The Morgan fingerprint density at radius 1 is 1.12 bits per heavy atom. The number of methoxy groups -OCH3 is 3. The van der Waals surface area contributed by atoms with Gasteiger partial charge in [-0.1, -0.05) is 13.8 Å². The van der Waals surface area contributed by atoms with E-state index in [4.69, 9.17) is 18.9 Å². The number of carbonyl (C=O) groups excluding carboxylic acids is 2. The molecule has 2 atom stereocenters. The number of carbonyl (C=O) groups is 2. The number of nitrogens with zero attached hydrogens (tertiary/aromatic N) is 1. The summed E-state index contributed by atoms with van der Waals surface area (Å²) in [5.74, 6) is 0.606. The summed E-state index contributed by atoms with van der Waals surface area (Å²) < 4.78 is 21.0. The van der Waals surface area contributed by atoms with Crippen LogP contribution >= 0.6 is 0 Å². The monoisotopic (exact) mass is 351 g/mol. The molecule has 0 aromatic heterocycles. The van der Waals surface area contributed by atoms with Gasteiger partial charge < -0.3 is 18.9 Å². The van der Waals surface area contributed by atoms with E-state index in [0.29, 0.717) is 22.8 Å². The summed E-state index contributed by atoms with van der Waals surface area (Å²) in [4.78, 5) is 26.2. The fourth-order valence-corrected chi connectivity index (χ4v) is 2.88. The second-order valence-corrected chi connectivity index (χ2v) is 6.28. The van der Waals surface area contributed by atoms with Gasteiger partial charge in [0.25, 0.3) is 0 Å². The molecule has 1 saturated heterocycles. The van der Waals surface area contributed by atoms with Gasteiger partial charge in [-0.2, -0.15) is 0 Å². The van der Waals surface area contributed by atoms with Crippen LogP contribution in [0.5, 0.6) is 17.2 Å². The van der Waals surface area contributed by atoms with Gasteiger partial charge in [-0.3, -0.25) is 4.79 Å². The number of amides is 2. The number of rotatable bonds is 6. The molecule has 7 nitrogen and oxygen atoms in total. The maximum atomic E-state index is 12.9. The summed E-state index contributed by atoms with van der Waals surface area (Å²) >= 11 is 0. The smallest absolute Gasteiger partial charge is 0.417 e. The highest BCUT2D eigenvalue weighted by atomic mass is 16.6. The molecule has 0 aliphatic carbocycles. The first-order valence-corrected chi connectivity index (χ1v) is 8.15. The summed E-state index contributed by atoms with van der Waals surface area (Å²) in [7, 11) is 4.54. The second kappa shape index (κ2) is 7.63. The lowest BCUT2D eigenvalue weighted by molar-refractivity contribution is -0.131. The molecule has 1 fully saturated rings. The molecule has 0 saturated carbocycles. The van der Waals surface area contributed by atoms with Gasteiger partial charge in [0.05, 0.1) is 33.3 Å². The van der Waals surface area contributed by atoms with Gasteiger partial charge in [-0.25, -0.2) is 9.69 Å². The molecule has 1 aliphatic rings. The highest BCUT2D eigenvalue weighted by Crippen LogP contribution is 2.40. The Kier molecular flexibility index (Phi) is 5.77. The molecule has 0 unspecified atom stereocenters. The zero-order valence-electron chi connectivity index (χ0n) is 15.5. The van der Waals surface area contributed by atoms with E-state index in [1.54, 1.807) is 19.1 Å². The quantitative estimate of drug-likeness (QED) is 0.785. The molecule has 2 amide bonds. The molecule has 0 bridgehead atoms. The Labute approximate surface area is 147 Å². The zero-order valence-corrected chi connectivity index (χ0v) is 15.5. The molecule has 1 aromatic rings. The highest BCUT2D eigenvalue weighted by molar-refractivity contribution is 5.97. The van der Waals surface area contributed by atoms with Crippen molar-refractivity contribution in [1.29, 1.82) is 0 Å². The van der Waals surface area contributed by atoms with Crippen molar-refractivity contribution in [2.75, 3.05) is 27.9 Å². The van der Waals surface area contributed by atoms with Gasteiger partial charge >= 0.3 is 6.09 Å². The zero-order chi connectivity index (χ0) is 18.7. The SMILES string of the molecule is COc1cc([C@@H](C)C(=O)N2C(=O)OC[C@H]2C(C)C)cc(OC)c1OC. The van der Waals surface area contributed by atoms with Crippen LogP contribution in [0.3, 0.4) is 0 Å². The Hall–Kier alpha value is -2.44. The molecule has 0 spiro atoms. The summed E-state index contributed by atoms with van der Waals surface area (Å²) in [5.41, 5.74) is 0.668. The Morgan fingerprint density at radius 2 is 1.68 bits per heavy atom. The third-order valence-electron chi connectivity index (χ3n) is 4.47. The van der Waals surface area contributed by atoms with Crippen LogP contribution in [0.2, 0.25) is 0 Å². The van der Waals surface area contributed by atoms with Gasteiger partial charge in [0.1, 0.15) is 6.61 Å². The van der Waals surface area contributed by atoms with Crippen molar-refractivity contribution < 1.29 is 28.5 Å². The topological polar surface area (TPSA) is 74.3 Å². The summed E-state index contributed by atoms with van der Waals surface area (Å²) in [5, 5.41) is 0. The minimum atomic E-state index is -0.594. The Balaban J connectivity index is 2.38. The molecule has 1 aliphatic heterocycles. The molecule has 0 radical (unpaired) electrons. The first kappa shape index (κ1) is 18.9. The Morgan fingerprint density at radius 3 is 2.12 bits per heavy atom. The fourth-order valence-electron chi connectivity index (χ4n) is 2.88. The largest absolute Gasteiger partial charge is 0.493 e. The predicted molar refractivity (Wildman–Crippen MR) is 91.3 cm³/mol. The van der Waals surface area contributed by atoms with E-state index in [2.05, 4.69) is 0 Å². The third-order valence-corrected chi connectivity index (χ3v) is 4.47. The number of hydrogen-bond acceptors (Lipinski definition) is 6. The van der Waals surface area contributed by atoms with Crippen molar-refractivity contribution in [3.63, 3.8) is 0 Å². The standard InChI is InChI=1S/C18H25NO6/c1-10(2)13-9-25-18(21)19(13)17(20)11(3)12-7-14(22-4)16(24-6)15(8-12)23-5/h7-8,10-11,13H,9H2,1-6H3/t11-,13+/m1/s1. The average Bonchev–Trinajstić information content (AvgIpc) is 3.00. The lowest BCUT2D eigenvalue weighted by atomic mass is 9.96. The van der Waals surface area contributed by atoms with Gasteiger partial charge in [0.2, 0.25) is 11.7 Å². The van der Waals surface area contributed by atoms with Crippen molar-refractivity contribution in [3.05, 3.63) is 17.7 Å². The van der Waals surface area contributed by atoms with Crippen LogP contribution in [-0.2, 0) is 9.53 Å². The van der Waals surface area contributed by atoms with Gasteiger partial charge in [-0.05, 0) is 30.5 Å². The lowest BCUT2D eigenvalue weighted by Gasteiger charge is -2.26. The normalized spacial score (nSPS) is 18.1. The molecule has 1 heterocycles. The number of ether oxygens (including phenoxy) is 4. The van der Waals surface area contributed by atoms with Crippen LogP contribution in [0.15, 0.2) is 12.1 Å². The number of hydrogen-bond donors (Lipinski definition) is 0. The van der Waals surface area contributed by atoms with E-state index in [9.17, 15) is 9.59 Å². The van der Waals surface area contributed by atoms with Crippen LogP contribution in [0.4, 0.5) is 4.79 Å². The number of benzene rings is 1. The van der Waals surface area contributed by atoms with E-state index in [1.807, 2.05) is 13.8 Å². The first-order valence-electron chi connectivity index (χ1n) is 8.15. The molecule has 138 valence electrons. The van der Waals surface area contributed by atoms with Gasteiger partial charge in [-0.15, -0.1) is 0 Å². The molecule has 0 N–H and O–H groups in total. The summed E-state index contributed by atoms with van der Waals surface area (Å²) in [6.45, 7) is 5.88. The second-order valence-electron chi connectivity index (χ2n) is 6.28. The number of imide groups is 1. The van der Waals surface area contributed by atoms with E-state index in [1.165, 1.54) is 26.2 Å². The van der Waals surface area contributed by atoms with E-state index < -0.39 is 12.0 Å². The van der Waals surface area contributed by atoms with E-state index in [0.717, 1.165) is 0 Å². The van der Waals surface area contributed by atoms with E-state index in [-0.39, 0.29) is 24.5 Å². The van der Waals surface area contributed by atoms with Gasteiger partial charge in [0.15, 0.2) is 11.5 Å². The maximum absolute atomic E-state index is 12.9. The molecule has 1 aromatic carbocycles. The van der Waals surface area contributed by atoms with Crippen LogP contribution < -0.4 is 14.2 Å². The maximum Gasteiger partial charge on any atom is 0.417 e. The highest BCUT2D eigenvalue weighted by Gasteiger charge is 2.41. The predicted octanol–water partition coefficient (Wildman–Crippen LogP) is 2.82. The average molecular weight is 351 g/mol. The van der Waals surface area contributed by atoms with Gasteiger partial charge in [0, 0.05) is 0 Å². The summed E-state index contributed by atoms with van der Waals surface area (Å²) in [6.07, 6.45) is -0.594. The van der Waals surface area contributed by atoms with Crippen LogP contribution in [0, 0.1) is 5.92 Å². The molecular weight excluding hydrogens is 326 g/mol. The van der Waals surface area contributed by atoms with Crippen LogP contribution in [0.1, 0.15) is 32.3 Å². The fraction of sp³-hybridized carbons (Fsp3) is 0.556. The Bertz CT molecular complexity index is 632. The molecule has 7 heteroatoms. The van der Waals surface area contributed by atoms with Crippen LogP contribution in [0.25, 0.3) is 0 Å². The van der Waals surface area contributed by atoms with Crippen molar-refractivity contribution in [2.24, 2.45) is 5.92 Å². The van der Waals surface area contributed by atoms with Crippen molar-refractivity contribution in [1.82, 2.24) is 4.90 Å². The van der Waals surface area contributed by atoms with Crippen molar-refractivity contribution in [3.8, 4) is 17.2 Å². The summed E-state index contributed by atoms with van der Waals surface area (Å²) in [6, 6.07) is 3.18. The minimum Gasteiger partial charge on any atom is -0.493 e. The molecular formula is C18H25NO6. The van der Waals surface area contributed by atoms with Crippen LogP contribution in [-0.4, -0.2) is 50.9 Å². The van der Waals surface area contributed by atoms with E-state index >= 15 is 0 Å². The third kappa shape index (κ3) is 3.50. The molecule has 2 rings (SSSR count). The van der Waals surface area contributed by atoms with Crippen molar-refractivity contribution in [2.45, 2.75) is 32.7 Å².